The quantitative estimate of drug-likeness (QED) is 0.694. The van der Waals surface area contributed by atoms with E-state index in [1.807, 2.05) is 36.4 Å². The second-order valence-corrected chi connectivity index (χ2v) is 6.09. The molecule has 4 nitrogen and oxygen atoms in total. The van der Waals surface area contributed by atoms with Crippen LogP contribution in [0.3, 0.4) is 0 Å². The predicted octanol–water partition coefficient (Wildman–Crippen LogP) is 4.19. The zero-order chi connectivity index (χ0) is 17.1. The Bertz CT molecular complexity index is 918. The molecular formula is C18H15Cl2N3O. The van der Waals surface area contributed by atoms with Gasteiger partial charge in [0, 0.05) is 6.54 Å². The smallest absolute Gasteiger partial charge is 0.243 e. The van der Waals surface area contributed by atoms with E-state index < -0.39 is 0 Å². The topological polar surface area (TPSA) is 46.9 Å². The number of nitrogens with one attached hydrogen (secondary N) is 1. The van der Waals surface area contributed by atoms with Crippen molar-refractivity contribution in [2.45, 2.75) is 13.1 Å². The number of carbonyl (C=O) groups is 1. The van der Waals surface area contributed by atoms with Gasteiger partial charge in [0.15, 0.2) is 0 Å². The molecule has 1 heterocycles. The van der Waals surface area contributed by atoms with Gasteiger partial charge in [0.05, 0.1) is 27.6 Å². The molecule has 0 bridgehead atoms. The third-order valence-electron chi connectivity index (χ3n) is 3.66. The first-order chi connectivity index (χ1) is 11.6. The Balaban J connectivity index is 1.98. The SMILES string of the molecule is C=CC(=O)NCc1nc2ccccc2n1Cc1ccc(Cl)c(Cl)c1. The minimum absolute atomic E-state index is 0.233. The van der Waals surface area contributed by atoms with Crippen LogP contribution in [-0.4, -0.2) is 15.5 Å². The van der Waals surface area contributed by atoms with Crippen molar-refractivity contribution in [2.75, 3.05) is 0 Å². The van der Waals surface area contributed by atoms with Gasteiger partial charge in [-0.2, -0.15) is 0 Å². The van der Waals surface area contributed by atoms with E-state index in [4.69, 9.17) is 23.2 Å². The van der Waals surface area contributed by atoms with Crippen LogP contribution in [0.5, 0.6) is 0 Å². The zero-order valence-electron chi connectivity index (χ0n) is 12.8. The molecule has 24 heavy (non-hydrogen) atoms. The zero-order valence-corrected chi connectivity index (χ0v) is 14.3. The highest BCUT2D eigenvalue weighted by Gasteiger charge is 2.12. The molecule has 1 N–H and O–H groups in total. The Morgan fingerprint density at radius 2 is 2.00 bits per heavy atom. The number of imidazole rings is 1. The van der Waals surface area contributed by atoms with Crippen LogP contribution < -0.4 is 5.32 Å². The van der Waals surface area contributed by atoms with Crippen LogP contribution in [0.15, 0.2) is 55.1 Å². The molecule has 0 saturated carbocycles. The second-order valence-electron chi connectivity index (χ2n) is 5.27. The summed E-state index contributed by atoms with van der Waals surface area (Å²) in [6, 6.07) is 13.4. The molecule has 0 unspecified atom stereocenters. The molecule has 3 rings (SSSR count). The molecule has 0 fully saturated rings. The van der Waals surface area contributed by atoms with E-state index in [0.717, 1.165) is 22.4 Å². The fraction of sp³-hybridized carbons (Fsp3) is 0.111. The largest absolute Gasteiger partial charge is 0.345 e. The van der Waals surface area contributed by atoms with Crippen LogP contribution in [0.2, 0.25) is 10.0 Å². The van der Waals surface area contributed by atoms with Gasteiger partial charge in [-0.3, -0.25) is 4.79 Å². The van der Waals surface area contributed by atoms with Crippen LogP contribution in [-0.2, 0) is 17.9 Å². The Hall–Kier alpha value is -2.30. The number of rotatable bonds is 5. The lowest BCUT2D eigenvalue weighted by Gasteiger charge is -2.10. The third-order valence-corrected chi connectivity index (χ3v) is 4.40. The van der Waals surface area contributed by atoms with Gasteiger partial charge in [-0.1, -0.05) is 48.0 Å². The Morgan fingerprint density at radius 1 is 1.21 bits per heavy atom. The van der Waals surface area contributed by atoms with Crippen molar-refractivity contribution in [3.63, 3.8) is 0 Å². The third kappa shape index (κ3) is 3.45. The number of nitrogens with zero attached hydrogens (tertiary/aromatic N) is 2. The van der Waals surface area contributed by atoms with Crippen LogP contribution in [0.1, 0.15) is 11.4 Å². The molecule has 0 aliphatic rings. The summed E-state index contributed by atoms with van der Waals surface area (Å²) in [5.74, 6) is 0.528. The van der Waals surface area contributed by atoms with E-state index in [2.05, 4.69) is 21.4 Å². The summed E-state index contributed by atoms with van der Waals surface area (Å²) >= 11 is 12.1. The molecule has 2 aromatic carbocycles. The maximum atomic E-state index is 11.5. The molecule has 1 amide bonds. The van der Waals surface area contributed by atoms with Gasteiger partial charge in [0.2, 0.25) is 5.91 Å². The number of halogens is 2. The molecule has 1 aromatic heterocycles. The van der Waals surface area contributed by atoms with Gasteiger partial charge in [0.1, 0.15) is 5.82 Å². The Kier molecular flexibility index (Phi) is 4.88. The molecule has 0 aliphatic carbocycles. The highest BCUT2D eigenvalue weighted by atomic mass is 35.5. The fourth-order valence-electron chi connectivity index (χ4n) is 2.50. The van der Waals surface area contributed by atoms with E-state index >= 15 is 0 Å². The van der Waals surface area contributed by atoms with Crippen molar-refractivity contribution in [2.24, 2.45) is 0 Å². The van der Waals surface area contributed by atoms with Crippen LogP contribution >= 0.6 is 23.2 Å². The van der Waals surface area contributed by atoms with Crippen molar-refractivity contribution in [3.05, 3.63) is 76.6 Å². The average Bonchev–Trinajstić information content (AvgIpc) is 2.94. The summed E-state index contributed by atoms with van der Waals surface area (Å²) in [7, 11) is 0. The maximum Gasteiger partial charge on any atom is 0.243 e. The average molecular weight is 360 g/mol. The van der Waals surface area contributed by atoms with E-state index in [9.17, 15) is 4.79 Å². The minimum atomic E-state index is -0.233. The summed E-state index contributed by atoms with van der Waals surface area (Å²) in [5.41, 5.74) is 2.87. The minimum Gasteiger partial charge on any atom is -0.345 e. The van der Waals surface area contributed by atoms with Crippen LogP contribution in [0.4, 0.5) is 0 Å². The standard InChI is InChI=1S/C18H15Cl2N3O/c1-2-18(24)21-10-17-22-15-5-3-4-6-16(15)23(17)11-12-7-8-13(19)14(20)9-12/h2-9H,1,10-11H2,(H,21,24). The van der Waals surface area contributed by atoms with Gasteiger partial charge in [0.25, 0.3) is 0 Å². The van der Waals surface area contributed by atoms with E-state index in [0.29, 0.717) is 23.1 Å². The Morgan fingerprint density at radius 3 is 2.75 bits per heavy atom. The van der Waals surface area contributed by atoms with Gasteiger partial charge in [-0.05, 0) is 35.9 Å². The number of hydrogen-bond acceptors (Lipinski definition) is 2. The number of carbonyl (C=O) groups excluding carboxylic acids is 1. The molecule has 0 radical (unpaired) electrons. The van der Waals surface area contributed by atoms with E-state index in [1.165, 1.54) is 6.08 Å². The summed E-state index contributed by atoms with van der Waals surface area (Å²) in [6.07, 6.45) is 1.24. The molecule has 0 aliphatic heterocycles. The Labute approximate surface area is 149 Å². The molecular weight excluding hydrogens is 345 g/mol. The number of para-hydroxylation sites is 2. The summed E-state index contributed by atoms with van der Waals surface area (Å²) in [4.78, 5) is 16.1. The molecule has 0 atom stereocenters. The van der Waals surface area contributed by atoms with Crippen LogP contribution in [0.25, 0.3) is 11.0 Å². The molecule has 122 valence electrons. The van der Waals surface area contributed by atoms with Gasteiger partial charge in [-0.25, -0.2) is 4.98 Å². The van der Waals surface area contributed by atoms with Crippen molar-refractivity contribution in [3.8, 4) is 0 Å². The predicted molar refractivity (Wildman–Crippen MR) is 97.3 cm³/mol. The van der Waals surface area contributed by atoms with Crippen molar-refractivity contribution in [1.82, 2.24) is 14.9 Å². The lowest BCUT2D eigenvalue weighted by atomic mass is 10.2. The van der Waals surface area contributed by atoms with Crippen molar-refractivity contribution in [1.29, 1.82) is 0 Å². The fourth-order valence-corrected chi connectivity index (χ4v) is 2.82. The molecule has 3 aromatic rings. The van der Waals surface area contributed by atoms with Gasteiger partial charge >= 0.3 is 0 Å². The molecule has 0 saturated heterocycles. The number of aromatic nitrogens is 2. The second kappa shape index (κ2) is 7.07. The summed E-state index contributed by atoms with van der Waals surface area (Å²) in [5, 5.41) is 3.81. The van der Waals surface area contributed by atoms with Crippen LogP contribution in [0, 0.1) is 0 Å². The summed E-state index contributed by atoms with van der Waals surface area (Å²) in [6.45, 7) is 4.36. The number of amides is 1. The normalized spacial score (nSPS) is 10.8. The lowest BCUT2D eigenvalue weighted by Crippen LogP contribution is -2.22. The molecule has 0 spiro atoms. The van der Waals surface area contributed by atoms with Gasteiger partial charge in [-0.15, -0.1) is 0 Å². The number of fused-ring (bicyclic) bond motifs is 1. The lowest BCUT2D eigenvalue weighted by molar-refractivity contribution is -0.116. The van der Waals surface area contributed by atoms with Gasteiger partial charge < -0.3 is 9.88 Å². The van der Waals surface area contributed by atoms with Crippen molar-refractivity contribution >= 4 is 40.1 Å². The first-order valence-electron chi connectivity index (χ1n) is 7.37. The maximum absolute atomic E-state index is 11.5. The first-order valence-corrected chi connectivity index (χ1v) is 8.12. The highest BCUT2D eigenvalue weighted by Crippen LogP contribution is 2.24. The molecule has 6 heteroatoms. The van der Waals surface area contributed by atoms with E-state index in [-0.39, 0.29) is 5.91 Å². The number of benzene rings is 2. The van der Waals surface area contributed by atoms with Crippen molar-refractivity contribution < 1.29 is 4.79 Å². The first kappa shape index (κ1) is 16.6. The van der Waals surface area contributed by atoms with E-state index in [1.54, 1.807) is 6.07 Å². The monoisotopic (exact) mass is 359 g/mol. The summed E-state index contributed by atoms with van der Waals surface area (Å²) < 4.78 is 2.05. The number of hydrogen-bond donors (Lipinski definition) is 1. The highest BCUT2D eigenvalue weighted by molar-refractivity contribution is 6.42.